The third-order valence-electron chi connectivity index (χ3n) is 4.80. The zero-order valence-corrected chi connectivity index (χ0v) is 17.9. The van der Waals surface area contributed by atoms with Gasteiger partial charge in [0, 0.05) is 16.5 Å². The molecule has 0 spiro atoms. The van der Waals surface area contributed by atoms with E-state index in [4.69, 9.17) is 9.15 Å². The lowest BCUT2D eigenvalue weighted by atomic mass is 10.0. The van der Waals surface area contributed by atoms with E-state index in [1.54, 1.807) is 5.38 Å². The van der Waals surface area contributed by atoms with Crippen molar-refractivity contribution in [3.05, 3.63) is 89.0 Å². The van der Waals surface area contributed by atoms with Crippen LogP contribution in [0.2, 0.25) is 0 Å². The van der Waals surface area contributed by atoms with Gasteiger partial charge in [-0.15, -0.1) is 11.3 Å². The summed E-state index contributed by atoms with van der Waals surface area (Å²) < 4.78 is 49.3. The van der Waals surface area contributed by atoms with Crippen LogP contribution < -0.4 is 5.32 Å². The molecule has 4 aromatic rings. The Labute approximate surface area is 190 Å². The summed E-state index contributed by atoms with van der Waals surface area (Å²) in [5, 5.41) is 4.63. The van der Waals surface area contributed by atoms with Crippen LogP contribution in [0, 0.1) is 0 Å². The van der Waals surface area contributed by atoms with E-state index in [1.807, 2.05) is 30.3 Å². The van der Waals surface area contributed by atoms with Crippen LogP contribution in [0.25, 0.3) is 22.5 Å². The van der Waals surface area contributed by atoms with E-state index in [1.165, 1.54) is 31.4 Å². The van der Waals surface area contributed by atoms with Gasteiger partial charge in [0.1, 0.15) is 16.3 Å². The number of esters is 1. The van der Waals surface area contributed by atoms with Crippen molar-refractivity contribution in [2.75, 3.05) is 12.4 Å². The van der Waals surface area contributed by atoms with E-state index < -0.39 is 23.6 Å². The van der Waals surface area contributed by atoms with Crippen molar-refractivity contribution < 1.29 is 31.9 Å². The van der Waals surface area contributed by atoms with Crippen molar-refractivity contribution in [1.29, 1.82) is 0 Å². The Hall–Kier alpha value is -3.85. The molecule has 0 aliphatic heterocycles. The second kappa shape index (κ2) is 8.95. The number of alkyl halides is 3. The molecule has 0 saturated carbocycles. The Morgan fingerprint density at radius 3 is 2.39 bits per heavy atom. The van der Waals surface area contributed by atoms with Crippen LogP contribution in [0.5, 0.6) is 0 Å². The van der Waals surface area contributed by atoms with E-state index in [0.29, 0.717) is 5.56 Å². The molecular formula is C24H16F3NO4S. The van der Waals surface area contributed by atoms with Gasteiger partial charge in [0.2, 0.25) is 0 Å². The predicted molar refractivity (Wildman–Crippen MR) is 118 cm³/mol. The summed E-state index contributed by atoms with van der Waals surface area (Å²) in [5.74, 6) is -1.28. The molecule has 0 saturated heterocycles. The van der Waals surface area contributed by atoms with Crippen LogP contribution in [0.3, 0.4) is 0 Å². The molecule has 4 rings (SSSR count). The van der Waals surface area contributed by atoms with Gasteiger partial charge in [0.05, 0.1) is 12.7 Å². The number of methoxy groups -OCH3 is 1. The monoisotopic (exact) mass is 471 g/mol. The van der Waals surface area contributed by atoms with Crippen LogP contribution in [-0.4, -0.2) is 19.0 Å². The summed E-state index contributed by atoms with van der Waals surface area (Å²) in [6, 6.07) is 16.5. The second-order valence-corrected chi connectivity index (χ2v) is 7.79. The number of ether oxygens (including phenoxy) is 1. The number of rotatable bonds is 5. The molecule has 0 atom stereocenters. The first-order valence-electron chi connectivity index (χ1n) is 9.62. The van der Waals surface area contributed by atoms with Gasteiger partial charge in [-0.3, -0.25) is 4.79 Å². The minimum Gasteiger partial charge on any atom is -0.465 e. The number of furan rings is 1. The van der Waals surface area contributed by atoms with Crippen molar-refractivity contribution in [2.24, 2.45) is 0 Å². The average Bonchev–Trinajstić information content (AvgIpc) is 3.46. The van der Waals surface area contributed by atoms with Gasteiger partial charge in [-0.2, -0.15) is 13.2 Å². The minimum atomic E-state index is -4.50. The number of anilines is 1. The number of hydrogen-bond donors (Lipinski definition) is 1. The van der Waals surface area contributed by atoms with E-state index in [-0.39, 0.29) is 27.6 Å². The SMILES string of the molecule is COC(=O)c1c(-c2ccccc2)csc1NC(=O)c1ccc(-c2cccc(C(F)(F)F)c2)o1. The van der Waals surface area contributed by atoms with Gasteiger partial charge in [0.25, 0.3) is 5.91 Å². The summed E-state index contributed by atoms with van der Waals surface area (Å²) in [7, 11) is 1.24. The molecule has 2 aromatic heterocycles. The molecule has 0 bridgehead atoms. The van der Waals surface area contributed by atoms with E-state index in [2.05, 4.69) is 5.32 Å². The lowest BCUT2D eigenvalue weighted by molar-refractivity contribution is -0.137. The van der Waals surface area contributed by atoms with Gasteiger partial charge >= 0.3 is 12.1 Å². The first-order valence-corrected chi connectivity index (χ1v) is 10.5. The molecule has 1 N–H and O–H groups in total. The molecule has 1 amide bonds. The van der Waals surface area contributed by atoms with Crippen LogP contribution in [0.15, 0.2) is 76.5 Å². The highest BCUT2D eigenvalue weighted by Gasteiger charge is 2.31. The molecule has 0 aliphatic rings. The molecule has 0 aliphatic carbocycles. The molecule has 0 fully saturated rings. The molecule has 2 heterocycles. The van der Waals surface area contributed by atoms with Gasteiger partial charge < -0.3 is 14.5 Å². The summed E-state index contributed by atoms with van der Waals surface area (Å²) in [4.78, 5) is 25.2. The summed E-state index contributed by atoms with van der Waals surface area (Å²) >= 11 is 1.15. The largest absolute Gasteiger partial charge is 0.465 e. The third kappa shape index (κ3) is 4.68. The van der Waals surface area contributed by atoms with Crippen LogP contribution >= 0.6 is 11.3 Å². The maximum absolute atomic E-state index is 13.0. The molecule has 0 unspecified atom stereocenters. The van der Waals surface area contributed by atoms with Crippen molar-refractivity contribution in [3.8, 4) is 22.5 Å². The highest BCUT2D eigenvalue weighted by molar-refractivity contribution is 7.15. The van der Waals surface area contributed by atoms with Crippen LogP contribution in [0.4, 0.5) is 18.2 Å². The number of thiophene rings is 1. The predicted octanol–water partition coefficient (Wildman–Crippen LogP) is 6.73. The van der Waals surface area contributed by atoms with Gasteiger partial charge in [-0.05, 0) is 29.8 Å². The molecule has 168 valence electrons. The number of carbonyl (C=O) groups is 2. The summed E-state index contributed by atoms with van der Waals surface area (Å²) in [6.07, 6.45) is -4.50. The van der Waals surface area contributed by atoms with Crippen molar-refractivity contribution >= 4 is 28.2 Å². The fourth-order valence-electron chi connectivity index (χ4n) is 3.21. The number of nitrogens with one attached hydrogen (secondary N) is 1. The second-order valence-electron chi connectivity index (χ2n) is 6.91. The van der Waals surface area contributed by atoms with Gasteiger partial charge in [0.15, 0.2) is 5.76 Å². The van der Waals surface area contributed by atoms with E-state index >= 15 is 0 Å². The minimum absolute atomic E-state index is 0.107. The third-order valence-corrected chi connectivity index (χ3v) is 5.69. The van der Waals surface area contributed by atoms with Crippen molar-refractivity contribution in [2.45, 2.75) is 6.18 Å². The lowest BCUT2D eigenvalue weighted by Crippen LogP contribution is -2.13. The fraction of sp³-hybridized carbons (Fsp3) is 0.0833. The average molecular weight is 471 g/mol. The van der Waals surface area contributed by atoms with Crippen LogP contribution in [-0.2, 0) is 10.9 Å². The normalized spacial score (nSPS) is 11.3. The topological polar surface area (TPSA) is 68.5 Å². The molecule has 9 heteroatoms. The van der Waals surface area contributed by atoms with Crippen molar-refractivity contribution in [3.63, 3.8) is 0 Å². The Bertz CT molecular complexity index is 1310. The quantitative estimate of drug-likeness (QED) is 0.328. The number of carbonyl (C=O) groups excluding carboxylic acids is 2. The highest BCUT2D eigenvalue weighted by atomic mass is 32.1. The molecule has 5 nitrogen and oxygen atoms in total. The number of halogens is 3. The van der Waals surface area contributed by atoms with Crippen LogP contribution in [0.1, 0.15) is 26.5 Å². The Kier molecular flexibility index (Phi) is 6.06. The molecule has 33 heavy (non-hydrogen) atoms. The fourth-order valence-corrected chi connectivity index (χ4v) is 4.17. The van der Waals surface area contributed by atoms with Gasteiger partial charge in [-0.25, -0.2) is 4.79 Å². The number of benzene rings is 2. The van der Waals surface area contributed by atoms with Gasteiger partial charge in [-0.1, -0.05) is 42.5 Å². The Morgan fingerprint density at radius 2 is 1.70 bits per heavy atom. The summed E-state index contributed by atoms with van der Waals surface area (Å²) in [5.41, 5.74) is 0.941. The standard InChI is InChI=1S/C24H16F3NO4S/c1-31-23(30)20-17(14-6-3-2-4-7-14)13-33-22(20)28-21(29)19-11-10-18(32-19)15-8-5-9-16(12-15)24(25,26)27/h2-13H,1H3,(H,28,29). The molecule has 2 aromatic carbocycles. The zero-order valence-electron chi connectivity index (χ0n) is 17.1. The molecule has 0 radical (unpaired) electrons. The first-order chi connectivity index (χ1) is 15.8. The zero-order chi connectivity index (χ0) is 23.6. The first kappa shape index (κ1) is 22.3. The Morgan fingerprint density at radius 1 is 0.970 bits per heavy atom. The summed E-state index contributed by atoms with van der Waals surface area (Å²) in [6.45, 7) is 0. The highest BCUT2D eigenvalue weighted by Crippen LogP contribution is 2.37. The Balaban J connectivity index is 1.61. The number of hydrogen-bond acceptors (Lipinski definition) is 5. The maximum atomic E-state index is 13.0. The van der Waals surface area contributed by atoms with E-state index in [0.717, 1.165) is 29.0 Å². The van der Waals surface area contributed by atoms with Crippen molar-refractivity contribution in [1.82, 2.24) is 0 Å². The molecular weight excluding hydrogens is 455 g/mol. The number of amides is 1. The smallest absolute Gasteiger partial charge is 0.416 e. The van der Waals surface area contributed by atoms with E-state index in [9.17, 15) is 22.8 Å². The maximum Gasteiger partial charge on any atom is 0.416 e. The lowest BCUT2D eigenvalue weighted by Gasteiger charge is -2.08.